The van der Waals surface area contributed by atoms with Crippen LogP contribution in [0.2, 0.25) is 0 Å². The first-order chi connectivity index (χ1) is 13.2. The highest BCUT2D eigenvalue weighted by atomic mass is 16.4. The van der Waals surface area contributed by atoms with Gasteiger partial charge in [-0.05, 0) is 35.6 Å². The Morgan fingerprint density at radius 3 is 1.86 bits per heavy atom. The van der Waals surface area contributed by atoms with E-state index in [-0.39, 0.29) is 11.7 Å². The van der Waals surface area contributed by atoms with Crippen LogP contribution in [-0.4, -0.2) is 44.3 Å². The summed E-state index contributed by atoms with van der Waals surface area (Å²) in [6.45, 7) is 2.01. The lowest BCUT2D eigenvalue weighted by molar-refractivity contribution is 0.0620. The fraction of sp³-hybridized carbons (Fsp3) is 0.200. The van der Waals surface area contributed by atoms with Gasteiger partial charge >= 0.3 is 23.9 Å². The van der Waals surface area contributed by atoms with Crippen LogP contribution in [0.4, 0.5) is 0 Å². The maximum Gasteiger partial charge on any atom is 0.337 e. The van der Waals surface area contributed by atoms with Gasteiger partial charge in [0.05, 0.1) is 22.3 Å². The standard InChI is InChI=1S/C20H18O8.H3N/c1-2-3-5-10-6-4-7-11(8-10)12-9-13(17(21)22)15(19(25)26)16(20(27)28)14(12)18(23)24;/h4,6-9H,2-3,5H2,1H3,(H,21,22)(H,23,24)(H,25,26)(H,27,28);1H3. The third-order valence-electron chi connectivity index (χ3n) is 4.26. The summed E-state index contributed by atoms with van der Waals surface area (Å²) in [5.74, 6) is -6.99. The zero-order valence-electron chi connectivity index (χ0n) is 15.6. The lowest BCUT2D eigenvalue weighted by Crippen LogP contribution is -2.20. The van der Waals surface area contributed by atoms with Gasteiger partial charge in [-0.2, -0.15) is 0 Å². The highest BCUT2D eigenvalue weighted by Gasteiger charge is 2.32. The van der Waals surface area contributed by atoms with Gasteiger partial charge in [-0.15, -0.1) is 0 Å². The molecule has 2 aromatic rings. The number of rotatable bonds is 8. The topological polar surface area (TPSA) is 184 Å². The van der Waals surface area contributed by atoms with Crippen molar-refractivity contribution < 1.29 is 39.6 Å². The zero-order valence-corrected chi connectivity index (χ0v) is 15.6. The van der Waals surface area contributed by atoms with Gasteiger partial charge in [0.2, 0.25) is 0 Å². The number of hydrogen-bond donors (Lipinski definition) is 5. The third-order valence-corrected chi connectivity index (χ3v) is 4.26. The second-order valence-corrected chi connectivity index (χ2v) is 6.12. The Kier molecular flexibility index (Phi) is 7.61. The molecule has 7 N–H and O–H groups in total. The third kappa shape index (κ3) is 4.77. The average molecular weight is 403 g/mol. The molecule has 2 aromatic carbocycles. The largest absolute Gasteiger partial charge is 0.478 e. The van der Waals surface area contributed by atoms with Crippen molar-refractivity contribution in [2.45, 2.75) is 26.2 Å². The van der Waals surface area contributed by atoms with E-state index in [0.717, 1.165) is 24.5 Å². The maximum atomic E-state index is 11.8. The molecule has 0 aliphatic rings. The molecule has 0 amide bonds. The van der Waals surface area contributed by atoms with E-state index in [9.17, 15) is 39.6 Å². The van der Waals surface area contributed by atoms with E-state index in [0.29, 0.717) is 12.0 Å². The molecule has 9 nitrogen and oxygen atoms in total. The van der Waals surface area contributed by atoms with Crippen molar-refractivity contribution in [3.05, 3.63) is 58.1 Å². The molecule has 0 saturated heterocycles. The van der Waals surface area contributed by atoms with Gasteiger partial charge in [-0.1, -0.05) is 37.6 Å². The fourth-order valence-corrected chi connectivity index (χ4v) is 3.01. The summed E-state index contributed by atoms with van der Waals surface area (Å²) < 4.78 is 0. The molecule has 9 heteroatoms. The van der Waals surface area contributed by atoms with Crippen LogP contribution in [-0.2, 0) is 6.42 Å². The summed E-state index contributed by atoms with van der Waals surface area (Å²) in [6.07, 6.45) is 2.52. The van der Waals surface area contributed by atoms with Crippen LogP contribution in [0.1, 0.15) is 66.8 Å². The minimum absolute atomic E-state index is 0. The van der Waals surface area contributed by atoms with Gasteiger partial charge in [0.1, 0.15) is 0 Å². The van der Waals surface area contributed by atoms with Gasteiger partial charge in [0.15, 0.2) is 0 Å². The number of benzene rings is 2. The second kappa shape index (κ2) is 9.47. The van der Waals surface area contributed by atoms with Crippen molar-refractivity contribution in [2.75, 3.05) is 0 Å². The number of aryl methyl sites for hydroxylation is 1. The highest BCUT2D eigenvalue weighted by Crippen LogP contribution is 2.32. The number of aromatic carboxylic acids is 4. The van der Waals surface area contributed by atoms with Crippen molar-refractivity contribution in [1.29, 1.82) is 0 Å². The van der Waals surface area contributed by atoms with E-state index >= 15 is 0 Å². The first kappa shape index (κ1) is 23.3. The predicted octanol–water partition coefficient (Wildman–Crippen LogP) is 3.65. The summed E-state index contributed by atoms with van der Waals surface area (Å²) in [5.41, 5.74) is -2.67. The Morgan fingerprint density at radius 2 is 1.38 bits per heavy atom. The minimum Gasteiger partial charge on any atom is -0.478 e. The van der Waals surface area contributed by atoms with E-state index in [4.69, 9.17) is 0 Å². The van der Waals surface area contributed by atoms with E-state index in [1.54, 1.807) is 12.1 Å². The maximum absolute atomic E-state index is 11.8. The molecule has 0 aromatic heterocycles. The molecule has 0 unspecified atom stereocenters. The molecule has 0 radical (unpaired) electrons. The second-order valence-electron chi connectivity index (χ2n) is 6.12. The SMILES string of the molecule is CCCCc1cccc(-c2cc(C(=O)O)c(C(=O)O)c(C(=O)O)c2C(=O)O)c1.N. The van der Waals surface area contributed by atoms with Gasteiger partial charge in [-0.3, -0.25) is 0 Å². The molecule has 0 bridgehead atoms. The summed E-state index contributed by atoms with van der Waals surface area (Å²) in [7, 11) is 0. The molecular formula is C20H21NO8. The van der Waals surface area contributed by atoms with E-state index < -0.39 is 46.1 Å². The molecule has 0 aliphatic heterocycles. The van der Waals surface area contributed by atoms with Crippen molar-refractivity contribution >= 4 is 23.9 Å². The molecule has 0 aliphatic carbocycles. The molecule has 0 heterocycles. The molecule has 0 saturated carbocycles. The van der Waals surface area contributed by atoms with Gasteiger partial charge in [0, 0.05) is 0 Å². The Hall–Kier alpha value is -3.72. The van der Waals surface area contributed by atoms with Gasteiger partial charge < -0.3 is 26.6 Å². The zero-order chi connectivity index (χ0) is 21.0. The van der Waals surface area contributed by atoms with Crippen molar-refractivity contribution in [1.82, 2.24) is 6.15 Å². The summed E-state index contributed by atoms with van der Waals surface area (Å²) in [6, 6.07) is 7.55. The fourth-order valence-electron chi connectivity index (χ4n) is 3.01. The monoisotopic (exact) mass is 403 g/mol. The predicted molar refractivity (Wildman–Crippen MR) is 103 cm³/mol. The van der Waals surface area contributed by atoms with Crippen LogP contribution in [0.25, 0.3) is 11.1 Å². The first-order valence-electron chi connectivity index (χ1n) is 8.42. The Labute approximate surface area is 165 Å². The summed E-state index contributed by atoms with van der Waals surface area (Å²) in [5, 5.41) is 37.8. The van der Waals surface area contributed by atoms with Crippen LogP contribution in [0.5, 0.6) is 0 Å². The van der Waals surface area contributed by atoms with Crippen molar-refractivity contribution in [2.24, 2.45) is 0 Å². The molecule has 0 atom stereocenters. The molecular weight excluding hydrogens is 382 g/mol. The van der Waals surface area contributed by atoms with E-state index in [1.165, 1.54) is 6.07 Å². The van der Waals surface area contributed by atoms with E-state index in [1.807, 2.05) is 13.0 Å². The van der Waals surface area contributed by atoms with Crippen LogP contribution < -0.4 is 6.15 Å². The number of carbonyl (C=O) groups is 4. The quantitative estimate of drug-likeness (QED) is 0.438. The number of unbranched alkanes of at least 4 members (excludes halogenated alkanes) is 1. The van der Waals surface area contributed by atoms with Crippen molar-refractivity contribution in [3.63, 3.8) is 0 Å². The van der Waals surface area contributed by atoms with Gasteiger partial charge in [-0.25, -0.2) is 19.2 Å². The van der Waals surface area contributed by atoms with Crippen molar-refractivity contribution in [3.8, 4) is 11.1 Å². The number of carboxylic acids is 4. The van der Waals surface area contributed by atoms with Crippen LogP contribution >= 0.6 is 0 Å². The van der Waals surface area contributed by atoms with Crippen LogP contribution in [0.15, 0.2) is 30.3 Å². The molecule has 0 spiro atoms. The van der Waals surface area contributed by atoms with Crippen LogP contribution in [0, 0.1) is 0 Å². The highest BCUT2D eigenvalue weighted by molar-refractivity contribution is 6.16. The van der Waals surface area contributed by atoms with Crippen LogP contribution in [0.3, 0.4) is 0 Å². The smallest absolute Gasteiger partial charge is 0.337 e. The number of carboxylic acid groups (broad SMARTS) is 4. The summed E-state index contributed by atoms with van der Waals surface area (Å²) >= 11 is 0. The Morgan fingerprint density at radius 1 is 0.793 bits per heavy atom. The first-order valence-corrected chi connectivity index (χ1v) is 8.42. The lowest BCUT2D eigenvalue weighted by Gasteiger charge is -2.15. The average Bonchev–Trinajstić information content (AvgIpc) is 2.64. The normalized spacial score (nSPS) is 10.1. The lowest BCUT2D eigenvalue weighted by atomic mass is 9.87. The molecule has 0 fully saturated rings. The molecule has 154 valence electrons. The minimum atomic E-state index is -1.83. The molecule has 29 heavy (non-hydrogen) atoms. The Bertz CT molecular complexity index is 981. The summed E-state index contributed by atoms with van der Waals surface area (Å²) in [4.78, 5) is 46.6. The number of hydrogen-bond acceptors (Lipinski definition) is 5. The molecule has 2 rings (SSSR count). The Balaban J connectivity index is 0.00000420. The van der Waals surface area contributed by atoms with Gasteiger partial charge in [0.25, 0.3) is 0 Å². The van der Waals surface area contributed by atoms with E-state index in [2.05, 4.69) is 0 Å².